The maximum Gasteiger partial charge on any atom is 0.0121 e. The van der Waals surface area contributed by atoms with Crippen molar-refractivity contribution in [2.75, 3.05) is 7.05 Å². The molecule has 0 N–H and O–H groups in total. The van der Waals surface area contributed by atoms with E-state index in [0.29, 0.717) is 0 Å². The van der Waals surface area contributed by atoms with E-state index >= 15 is 0 Å². The Balaban J connectivity index is 2.13. The van der Waals surface area contributed by atoms with Crippen LogP contribution in [0.3, 0.4) is 0 Å². The maximum atomic E-state index is 2.61. The average molecular weight is 139 g/mol. The van der Waals surface area contributed by atoms with Crippen molar-refractivity contribution in [3.05, 3.63) is 0 Å². The van der Waals surface area contributed by atoms with Gasteiger partial charge in [-0.25, -0.2) is 0 Å². The van der Waals surface area contributed by atoms with Crippen LogP contribution in [0, 0.1) is 5.92 Å². The van der Waals surface area contributed by atoms with Crippen molar-refractivity contribution in [3.63, 3.8) is 0 Å². The minimum Gasteiger partial charge on any atom is -0.300 e. The Morgan fingerprint density at radius 2 is 1.80 bits per heavy atom. The maximum absolute atomic E-state index is 2.61. The van der Waals surface area contributed by atoms with Crippen LogP contribution in [0.4, 0.5) is 0 Å². The van der Waals surface area contributed by atoms with Gasteiger partial charge >= 0.3 is 0 Å². The van der Waals surface area contributed by atoms with Gasteiger partial charge in [0, 0.05) is 12.1 Å². The highest BCUT2D eigenvalue weighted by Crippen LogP contribution is 2.37. The standard InChI is InChI=1S/C9H17N/c1-7-3-4-8-5-6-9(7)10(8)2/h7-9H,3-6H2,1-2H3/t7?,8-,9-/m0/s1. The van der Waals surface area contributed by atoms with Gasteiger partial charge in [-0.15, -0.1) is 0 Å². The van der Waals surface area contributed by atoms with Gasteiger partial charge in [0.15, 0.2) is 0 Å². The lowest BCUT2D eigenvalue weighted by Crippen LogP contribution is -2.40. The smallest absolute Gasteiger partial charge is 0.0121 e. The molecule has 0 aliphatic carbocycles. The fourth-order valence-corrected chi connectivity index (χ4v) is 2.72. The molecule has 0 amide bonds. The lowest BCUT2D eigenvalue weighted by molar-refractivity contribution is 0.130. The van der Waals surface area contributed by atoms with Crippen LogP contribution >= 0.6 is 0 Å². The Morgan fingerprint density at radius 3 is 2.50 bits per heavy atom. The Kier molecular flexibility index (Phi) is 1.48. The van der Waals surface area contributed by atoms with Crippen LogP contribution in [-0.2, 0) is 0 Å². The monoisotopic (exact) mass is 139 g/mol. The number of nitrogens with zero attached hydrogens (tertiary/aromatic N) is 1. The molecular weight excluding hydrogens is 122 g/mol. The van der Waals surface area contributed by atoms with Gasteiger partial charge in [-0.3, -0.25) is 0 Å². The topological polar surface area (TPSA) is 3.24 Å². The first-order valence-corrected chi connectivity index (χ1v) is 4.51. The van der Waals surface area contributed by atoms with Gasteiger partial charge in [-0.05, 0) is 38.6 Å². The summed E-state index contributed by atoms with van der Waals surface area (Å²) < 4.78 is 0. The molecule has 10 heavy (non-hydrogen) atoms. The second-order valence-electron chi connectivity index (χ2n) is 4.02. The fourth-order valence-electron chi connectivity index (χ4n) is 2.72. The number of hydrogen-bond donors (Lipinski definition) is 0. The third-order valence-electron chi connectivity index (χ3n) is 3.51. The molecule has 2 rings (SSSR count). The zero-order valence-electron chi connectivity index (χ0n) is 7.01. The second-order valence-corrected chi connectivity index (χ2v) is 4.02. The van der Waals surface area contributed by atoms with Gasteiger partial charge in [0.1, 0.15) is 0 Å². The molecule has 2 saturated heterocycles. The Labute approximate surface area is 63.4 Å². The molecule has 2 aliphatic rings. The molecular formula is C9H17N. The summed E-state index contributed by atoms with van der Waals surface area (Å²) in [6.45, 7) is 2.41. The van der Waals surface area contributed by atoms with Crippen molar-refractivity contribution in [3.8, 4) is 0 Å². The van der Waals surface area contributed by atoms with Crippen LogP contribution in [0.2, 0.25) is 0 Å². The Morgan fingerprint density at radius 1 is 1.10 bits per heavy atom. The van der Waals surface area contributed by atoms with Gasteiger partial charge in [0.05, 0.1) is 0 Å². The highest BCUT2D eigenvalue weighted by atomic mass is 15.2. The molecule has 0 aromatic rings. The van der Waals surface area contributed by atoms with Crippen molar-refractivity contribution in [1.82, 2.24) is 4.90 Å². The van der Waals surface area contributed by atoms with Crippen LogP contribution < -0.4 is 0 Å². The number of hydrogen-bond acceptors (Lipinski definition) is 1. The van der Waals surface area contributed by atoms with E-state index in [1.165, 1.54) is 25.7 Å². The molecule has 0 saturated carbocycles. The predicted octanol–water partition coefficient (Wildman–Crippen LogP) is 1.88. The summed E-state index contributed by atoms with van der Waals surface area (Å²) in [5, 5.41) is 0. The second kappa shape index (κ2) is 2.23. The quantitative estimate of drug-likeness (QED) is 0.495. The summed E-state index contributed by atoms with van der Waals surface area (Å²) in [6.07, 6.45) is 5.85. The van der Waals surface area contributed by atoms with E-state index in [2.05, 4.69) is 18.9 Å². The molecule has 2 fully saturated rings. The van der Waals surface area contributed by atoms with Crippen LogP contribution in [0.25, 0.3) is 0 Å². The highest BCUT2D eigenvalue weighted by molar-refractivity contribution is 4.92. The molecule has 1 nitrogen and oxygen atoms in total. The summed E-state index contributed by atoms with van der Waals surface area (Å²) in [5.41, 5.74) is 0. The Bertz CT molecular complexity index is 133. The molecule has 1 heteroatoms. The van der Waals surface area contributed by atoms with Gasteiger partial charge in [-0.2, -0.15) is 0 Å². The van der Waals surface area contributed by atoms with Gasteiger partial charge < -0.3 is 4.90 Å². The molecule has 1 unspecified atom stereocenters. The van der Waals surface area contributed by atoms with Gasteiger partial charge in [0.25, 0.3) is 0 Å². The normalized spacial score (nSPS) is 48.0. The van der Waals surface area contributed by atoms with E-state index in [1.807, 2.05) is 0 Å². The van der Waals surface area contributed by atoms with Crippen LogP contribution in [0.15, 0.2) is 0 Å². The lowest BCUT2D eigenvalue weighted by Gasteiger charge is -2.35. The summed E-state index contributed by atoms with van der Waals surface area (Å²) in [7, 11) is 2.30. The molecule has 2 aliphatic heterocycles. The Hall–Kier alpha value is -0.0400. The van der Waals surface area contributed by atoms with E-state index < -0.39 is 0 Å². The summed E-state index contributed by atoms with van der Waals surface area (Å²) in [5.74, 6) is 0.962. The first kappa shape index (κ1) is 6.66. The minimum atomic E-state index is 0.929. The minimum absolute atomic E-state index is 0.929. The van der Waals surface area contributed by atoms with E-state index in [-0.39, 0.29) is 0 Å². The first-order chi connectivity index (χ1) is 4.79. The van der Waals surface area contributed by atoms with E-state index in [4.69, 9.17) is 0 Å². The number of piperidine rings is 1. The van der Waals surface area contributed by atoms with Crippen molar-refractivity contribution in [2.45, 2.75) is 44.7 Å². The molecule has 2 heterocycles. The molecule has 0 radical (unpaired) electrons. The molecule has 0 aromatic heterocycles. The third-order valence-corrected chi connectivity index (χ3v) is 3.51. The van der Waals surface area contributed by atoms with Crippen LogP contribution in [0.5, 0.6) is 0 Å². The first-order valence-electron chi connectivity index (χ1n) is 4.51. The molecule has 2 bridgehead atoms. The largest absolute Gasteiger partial charge is 0.300 e. The van der Waals surface area contributed by atoms with Gasteiger partial charge in [0.2, 0.25) is 0 Å². The highest BCUT2D eigenvalue weighted by Gasteiger charge is 2.37. The van der Waals surface area contributed by atoms with Crippen molar-refractivity contribution >= 4 is 0 Å². The van der Waals surface area contributed by atoms with Crippen LogP contribution in [-0.4, -0.2) is 24.0 Å². The zero-order valence-corrected chi connectivity index (χ0v) is 7.01. The molecule has 3 atom stereocenters. The number of fused-ring (bicyclic) bond motifs is 2. The number of rotatable bonds is 0. The predicted molar refractivity (Wildman–Crippen MR) is 43.0 cm³/mol. The van der Waals surface area contributed by atoms with Crippen LogP contribution in [0.1, 0.15) is 32.6 Å². The van der Waals surface area contributed by atoms with E-state index in [9.17, 15) is 0 Å². The average Bonchev–Trinajstić information content (AvgIpc) is 2.13. The lowest BCUT2D eigenvalue weighted by atomic mass is 9.93. The molecule has 0 aromatic carbocycles. The fraction of sp³-hybridized carbons (Fsp3) is 1.00. The molecule has 58 valence electrons. The van der Waals surface area contributed by atoms with Gasteiger partial charge in [-0.1, -0.05) is 6.92 Å². The van der Waals surface area contributed by atoms with Crippen molar-refractivity contribution in [1.29, 1.82) is 0 Å². The third kappa shape index (κ3) is 0.800. The van der Waals surface area contributed by atoms with E-state index in [1.54, 1.807) is 0 Å². The summed E-state index contributed by atoms with van der Waals surface area (Å²) in [4.78, 5) is 2.61. The van der Waals surface area contributed by atoms with Crippen molar-refractivity contribution < 1.29 is 0 Å². The van der Waals surface area contributed by atoms with Crippen molar-refractivity contribution in [2.24, 2.45) is 5.92 Å². The van der Waals surface area contributed by atoms with E-state index in [0.717, 1.165) is 18.0 Å². The SMILES string of the molecule is CC1CC[C@H]2CC[C@@H]1N2C. The summed E-state index contributed by atoms with van der Waals surface area (Å²) in [6, 6.07) is 1.87. The molecule has 0 spiro atoms. The zero-order chi connectivity index (χ0) is 7.14. The summed E-state index contributed by atoms with van der Waals surface area (Å²) >= 11 is 0.